The van der Waals surface area contributed by atoms with E-state index in [1.54, 1.807) is 32.1 Å². The maximum Gasteiger partial charge on any atom is 0.373 e. The summed E-state index contributed by atoms with van der Waals surface area (Å²) in [4.78, 5) is 26.4. The lowest BCUT2D eigenvalue weighted by Crippen LogP contribution is -2.38. The smallest absolute Gasteiger partial charge is 0.373 e. The molecular formula is C30H34N2O5. The number of carbonyl (C=O) groups is 2. The highest BCUT2D eigenvalue weighted by Gasteiger charge is 2.13. The van der Waals surface area contributed by atoms with Crippen molar-refractivity contribution in [3.63, 3.8) is 0 Å². The predicted molar refractivity (Wildman–Crippen MR) is 147 cm³/mol. The average Bonchev–Trinajstić information content (AvgIpc) is 2.93. The Morgan fingerprint density at radius 3 is 2.24 bits per heavy atom. The van der Waals surface area contributed by atoms with E-state index in [1.165, 1.54) is 0 Å². The Hall–Kier alpha value is -4.26. The summed E-state index contributed by atoms with van der Waals surface area (Å²) in [6.45, 7) is 4.76. The number of amides is 2. The number of benzene rings is 3. The van der Waals surface area contributed by atoms with Crippen molar-refractivity contribution in [2.24, 2.45) is 0 Å². The van der Waals surface area contributed by atoms with Crippen LogP contribution in [0.3, 0.4) is 0 Å². The molecule has 2 amide bonds. The molecular weight excluding hydrogens is 468 g/mol. The SMILES string of the molecule is CCOC(=O)C(=Cc1ccc(-c2cccc(N(C)C(=O)NCCc3ccc(OC)cc3)c2)cc1)OCC. The first-order chi connectivity index (χ1) is 17.9. The first-order valence-electron chi connectivity index (χ1n) is 12.3. The van der Waals surface area contributed by atoms with Gasteiger partial charge in [0.05, 0.1) is 20.3 Å². The Kier molecular flexibility index (Phi) is 10.1. The predicted octanol–water partition coefficient (Wildman–Crippen LogP) is 5.69. The van der Waals surface area contributed by atoms with Crippen LogP contribution in [0.5, 0.6) is 5.75 Å². The zero-order valence-electron chi connectivity index (χ0n) is 21.8. The third-order valence-corrected chi connectivity index (χ3v) is 5.71. The number of ether oxygens (including phenoxy) is 3. The fraction of sp³-hybridized carbons (Fsp3) is 0.267. The largest absolute Gasteiger partial charge is 0.497 e. The second kappa shape index (κ2) is 13.7. The van der Waals surface area contributed by atoms with Crippen molar-refractivity contribution in [2.75, 3.05) is 38.8 Å². The van der Waals surface area contributed by atoms with Crippen LogP contribution in [0.25, 0.3) is 17.2 Å². The van der Waals surface area contributed by atoms with E-state index < -0.39 is 5.97 Å². The monoisotopic (exact) mass is 502 g/mol. The fourth-order valence-electron chi connectivity index (χ4n) is 3.68. The van der Waals surface area contributed by atoms with Crippen molar-refractivity contribution in [3.8, 4) is 16.9 Å². The Morgan fingerprint density at radius 1 is 0.892 bits per heavy atom. The van der Waals surface area contributed by atoms with E-state index in [0.717, 1.165) is 40.1 Å². The highest BCUT2D eigenvalue weighted by atomic mass is 16.6. The van der Waals surface area contributed by atoms with Crippen molar-refractivity contribution < 1.29 is 23.8 Å². The molecule has 0 heterocycles. The molecule has 194 valence electrons. The molecule has 0 aliphatic carbocycles. The number of hydrogen-bond donors (Lipinski definition) is 1. The van der Waals surface area contributed by atoms with Gasteiger partial charge in [0.25, 0.3) is 0 Å². The summed E-state index contributed by atoms with van der Waals surface area (Å²) in [6, 6.07) is 23.2. The first-order valence-corrected chi connectivity index (χ1v) is 12.3. The second-order valence-electron chi connectivity index (χ2n) is 8.22. The highest BCUT2D eigenvalue weighted by Crippen LogP contribution is 2.25. The molecule has 0 saturated heterocycles. The van der Waals surface area contributed by atoms with E-state index >= 15 is 0 Å². The molecule has 0 aliphatic heterocycles. The van der Waals surface area contributed by atoms with Crippen LogP contribution in [0, 0.1) is 0 Å². The Labute approximate surface area is 218 Å². The van der Waals surface area contributed by atoms with E-state index in [2.05, 4.69) is 5.32 Å². The van der Waals surface area contributed by atoms with E-state index in [0.29, 0.717) is 13.2 Å². The van der Waals surface area contributed by atoms with E-state index in [4.69, 9.17) is 14.2 Å². The number of urea groups is 1. The molecule has 0 bridgehead atoms. The molecule has 0 aliphatic rings. The molecule has 7 nitrogen and oxygen atoms in total. The molecule has 7 heteroatoms. The number of esters is 1. The maximum absolute atomic E-state index is 12.7. The zero-order chi connectivity index (χ0) is 26.6. The van der Waals surface area contributed by atoms with Crippen molar-refractivity contribution in [3.05, 3.63) is 89.7 Å². The molecule has 3 aromatic rings. The normalized spacial score (nSPS) is 11.0. The number of carbonyl (C=O) groups excluding carboxylic acids is 2. The van der Waals surface area contributed by atoms with Crippen LogP contribution >= 0.6 is 0 Å². The number of nitrogens with zero attached hydrogens (tertiary/aromatic N) is 1. The maximum atomic E-state index is 12.7. The number of methoxy groups -OCH3 is 1. The van der Waals surface area contributed by atoms with Gasteiger partial charge in [-0.25, -0.2) is 9.59 Å². The van der Waals surface area contributed by atoms with Gasteiger partial charge in [-0.3, -0.25) is 4.90 Å². The van der Waals surface area contributed by atoms with Crippen LogP contribution in [0.2, 0.25) is 0 Å². The molecule has 3 aromatic carbocycles. The Bertz CT molecular complexity index is 1200. The van der Waals surface area contributed by atoms with Crippen LogP contribution in [0.4, 0.5) is 10.5 Å². The summed E-state index contributed by atoms with van der Waals surface area (Å²) in [6.07, 6.45) is 2.40. The van der Waals surface area contributed by atoms with Gasteiger partial charge in [-0.05, 0) is 72.9 Å². The van der Waals surface area contributed by atoms with Gasteiger partial charge in [0, 0.05) is 19.3 Å². The van der Waals surface area contributed by atoms with Crippen molar-refractivity contribution >= 4 is 23.8 Å². The Balaban J connectivity index is 1.64. The van der Waals surface area contributed by atoms with Crippen LogP contribution in [0.15, 0.2) is 78.6 Å². The summed E-state index contributed by atoms with van der Waals surface area (Å²) >= 11 is 0. The van der Waals surface area contributed by atoms with Gasteiger partial charge < -0.3 is 19.5 Å². The third-order valence-electron chi connectivity index (χ3n) is 5.71. The molecule has 0 spiro atoms. The van der Waals surface area contributed by atoms with Crippen molar-refractivity contribution in [1.29, 1.82) is 0 Å². The van der Waals surface area contributed by atoms with Gasteiger partial charge in [-0.15, -0.1) is 0 Å². The average molecular weight is 503 g/mol. The molecule has 0 fully saturated rings. The lowest BCUT2D eigenvalue weighted by Gasteiger charge is -2.19. The Morgan fingerprint density at radius 2 is 1.59 bits per heavy atom. The van der Waals surface area contributed by atoms with Gasteiger partial charge in [-0.1, -0.05) is 48.5 Å². The minimum absolute atomic E-state index is 0.173. The van der Waals surface area contributed by atoms with Gasteiger partial charge in [0.1, 0.15) is 5.75 Å². The topological polar surface area (TPSA) is 77.1 Å². The molecule has 0 saturated carbocycles. The van der Waals surface area contributed by atoms with E-state index in [9.17, 15) is 9.59 Å². The van der Waals surface area contributed by atoms with Crippen LogP contribution in [-0.4, -0.2) is 45.9 Å². The highest BCUT2D eigenvalue weighted by molar-refractivity contribution is 5.92. The standard InChI is InChI=1S/C30H34N2O5/c1-5-36-28(29(33)37-6-2)20-23-10-14-24(15-11-23)25-8-7-9-26(21-25)32(3)30(34)31-19-18-22-12-16-27(35-4)17-13-22/h7-17,20-21H,5-6,18-19H2,1-4H3,(H,31,34). The molecule has 0 aromatic heterocycles. The molecule has 0 unspecified atom stereocenters. The van der Waals surface area contributed by atoms with Crippen molar-refractivity contribution in [1.82, 2.24) is 5.32 Å². The lowest BCUT2D eigenvalue weighted by atomic mass is 10.0. The summed E-state index contributed by atoms with van der Waals surface area (Å²) < 4.78 is 15.7. The summed E-state index contributed by atoms with van der Waals surface area (Å²) in [5.74, 6) is 0.510. The minimum atomic E-state index is -0.480. The molecule has 3 rings (SSSR count). The van der Waals surface area contributed by atoms with Crippen LogP contribution < -0.4 is 15.0 Å². The summed E-state index contributed by atoms with van der Waals surface area (Å²) in [5.41, 5.74) is 4.69. The zero-order valence-corrected chi connectivity index (χ0v) is 21.8. The van der Waals surface area contributed by atoms with E-state index in [1.807, 2.05) is 79.7 Å². The van der Waals surface area contributed by atoms with Gasteiger partial charge in [0.15, 0.2) is 0 Å². The lowest BCUT2D eigenvalue weighted by molar-refractivity contribution is -0.142. The molecule has 0 radical (unpaired) electrons. The van der Waals surface area contributed by atoms with Gasteiger partial charge in [0.2, 0.25) is 5.76 Å². The van der Waals surface area contributed by atoms with E-state index in [-0.39, 0.29) is 18.4 Å². The molecule has 1 N–H and O–H groups in total. The molecule has 0 atom stereocenters. The van der Waals surface area contributed by atoms with Gasteiger partial charge in [-0.2, -0.15) is 0 Å². The molecule has 37 heavy (non-hydrogen) atoms. The quantitative estimate of drug-likeness (QED) is 0.207. The van der Waals surface area contributed by atoms with Gasteiger partial charge >= 0.3 is 12.0 Å². The third kappa shape index (κ3) is 7.87. The number of hydrogen-bond acceptors (Lipinski definition) is 5. The summed E-state index contributed by atoms with van der Waals surface area (Å²) in [5, 5.41) is 2.97. The van der Waals surface area contributed by atoms with Crippen LogP contribution in [-0.2, 0) is 20.7 Å². The van der Waals surface area contributed by atoms with Crippen molar-refractivity contribution in [2.45, 2.75) is 20.3 Å². The second-order valence-corrected chi connectivity index (χ2v) is 8.22. The minimum Gasteiger partial charge on any atom is -0.497 e. The first kappa shape index (κ1) is 27.3. The fourth-order valence-corrected chi connectivity index (χ4v) is 3.68. The summed E-state index contributed by atoms with van der Waals surface area (Å²) in [7, 11) is 3.39. The van der Waals surface area contributed by atoms with Crippen LogP contribution in [0.1, 0.15) is 25.0 Å². The number of anilines is 1. The number of rotatable bonds is 11. The number of nitrogens with one attached hydrogen (secondary N) is 1.